The topological polar surface area (TPSA) is 62.7 Å². The first kappa shape index (κ1) is 18.4. The number of piperidine rings is 1. The zero-order valence-corrected chi connectivity index (χ0v) is 14.4. The highest BCUT2D eigenvalue weighted by Gasteiger charge is 2.42. The lowest BCUT2D eigenvalue weighted by Crippen LogP contribution is -2.42. The van der Waals surface area contributed by atoms with E-state index in [9.17, 15) is 21.6 Å². The molecule has 0 aliphatic carbocycles. The summed E-state index contributed by atoms with van der Waals surface area (Å²) in [5.74, 6) is -1.00. The van der Waals surface area contributed by atoms with Gasteiger partial charge in [0, 0.05) is 32.4 Å². The van der Waals surface area contributed by atoms with Gasteiger partial charge in [-0.1, -0.05) is 0 Å². The second-order valence-electron chi connectivity index (χ2n) is 6.20. The maximum atomic E-state index is 12.9. The Hall–Kier alpha value is -1.39. The van der Waals surface area contributed by atoms with E-state index in [1.165, 1.54) is 22.6 Å². The summed E-state index contributed by atoms with van der Waals surface area (Å²) in [6, 6.07) is 2.89. The smallest absolute Gasteiger partial charge is 0.379 e. The fourth-order valence-corrected chi connectivity index (χ4v) is 4.45. The molecule has 1 atom stereocenters. The van der Waals surface area contributed by atoms with Gasteiger partial charge in [-0.05, 0) is 25.0 Å². The number of pyridine rings is 1. The highest BCUT2D eigenvalue weighted by atomic mass is 32.2. The fourth-order valence-electron chi connectivity index (χ4n) is 3.10. The van der Waals surface area contributed by atoms with Crippen molar-refractivity contribution in [3.63, 3.8) is 0 Å². The molecule has 0 radical (unpaired) electrons. The molecule has 2 aliphatic heterocycles. The van der Waals surface area contributed by atoms with Gasteiger partial charge in [-0.3, -0.25) is 0 Å². The Labute approximate surface area is 144 Å². The molecule has 1 aromatic rings. The molecule has 10 heteroatoms. The van der Waals surface area contributed by atoms with Gasteiger partial charge in [0.05, 0.1) is 19.1 Å². The number of nitrogens with zero attached hydrogens (tertiary/aromatic N) is 3. The van der Waals surface area contributed by atoms with E-state index >= 15 is 0 Å². The number of ether oxygens (including phenoxy) is 1. The number of hydrogen-bond donors (Lipinski definition) is 0. The summed E-state index contributed by atoms with van der Waals surface area (Å²) < 4.78 is 70.3. The second kappa shape index (κ2) is 7.08. The molecule has 0 aromatic carbocycles. The molecule has 140 valence electrons. The molecule has 0 spiro atoms. The van der Waals surface area contributed by atoms with Gasteiger partial charge < -0.3 is 9.64 Å². The van der Waals surface area contributed by atoms with E-state index in [1.54, 1.807) is 4.90 Å². The van der Waals surface area contributed by atoms with Crippen LogP contribution in [-0.4, -0.2) is 63.3 Å². The highest BCUT2D eigenvalue weighted by Crippen LogP contribution is 2.34. The molecule has 3 heterocycles. The van der Waals surface area contributed by atoms with Crippen molar-refractivity contribution < 1.29 is 26.3 Å². The molecule has 2 saturated heterocycles. The van der Waals surface area contributed by atoms with Crippen molar-refractivity contribution in [1.29, 1.82) is 0 Å². The Morgan fingerprint density at radius 2 is 1.88 bits per heavy atom. The second-order valence-corrected chi connectivity index (χ2v) is 8.13. The third kappa shape index (κ3) is 4.06. The average molecular weight is 379 g/mol. The van der Waals surface area contributed by atoms with Gasteiger partial charge in [-0.2, -0.15) is 17.5 Å². The van der Waals surface area contributed by atoms with Gasteiger partial charge in [0.25, 0.3) is 0 Å². The monoisotopic (exact) mass is 379 g/mol. The third-order valence-corrected chi connectivity index (χ3v) is 6.42. The van der Waals surface area contributed by atoms with E-state index in [-0.39, 0.29) is 31.0 Å². The number of morpholine rings is 1. The minimum Gasteiger partial charge on any atom is -0.379 e. The molecule has 1 unspecified atom stereocenters. The SMILES string of the molecule is O=S(=O)(c1ccc(N2CCCC(C(F)(F)F)C2)nc1)N1CCOCC1. The molecule has 2 aliphatic rings. The van der Waals surface area contributed by atoms with Crippen LogP contribution in [0.3, 0.4) is 0 Å². The summed E-state index contributed by atoms with van der Waals surface area (Å²) >= 11 is 0. The Morgan fingerprint density at radius 3 is 2.48 bits per heavy atom. The summed E-state index contributed by atoms with van der Waals surface area (Å²) in [4.78, 5) is 5.71. The molecule has 1 aromatic heterocycles. The fraction of sp³-hybridized carbons (Fsp3) is 0.667. The van der Waals surface area contributed by atoms with Crippen LogP contribution in [0.2, 0.25) is 0 Å². The molecule has 25 heavy (non-hydrogen) atoms. The lowest BCUT2D eigenvalue weighted by molar-refractivity contribution is -0.176. The number of sulfonamides is 1. The maximum absolute atomic E-state index is 12.9. The third-order valence-electron chi connectivity index (χ3n) is 4.54. The van der Waals surface area contributed by atoms with Gasteiger partial charge in [-0.15, -0.1) is 0 Å². The Balaban J connectivity index is 1.73. The largest absolute Gasteiger partial charge is 0.393 e. The predicted molar refractivity (Wildman–Crippen MR) is 84.8 cm³/mol. The first-order valence-electron chi connectivity index (χ1n) is 8.14. The maximum Gasteiger partial charge on any atom is 0.393 e. The Bertz CT molecular complexity index is 688. The molecule has 0 N–H and O–H groups in total. The molecule has 3 rings (SSSR count). The van der Waals surface area contributed by atoms with E-state index in [2.05, 4.69) is 4.98 Å². The number of aromatic nitrogens is 1. The van der Waals surface area contributed by atoms with E-state index in [0.717, 1.165) is 0 Å². The summed E-state index contributed by atoms with van der Waals surface area (Å²) in [7, 11) is -3.65. The van der Waals surface area contributed by atoms with Crippen LogP contribution in [0.4, 0.5) is 19.0 Å². The normalized spacial score (nSPS) is 23.6. The van der Waals surface area contributed by atoms with Crippen LogP contribution in [-0.2, 0) is 14.8 Å². The van der Waals surface area contributed by atoms with Crippen molar-refractivity contribution in [2.45, 2.75) is 23.9 Å². The Kier molecular flexibility index (Phi) is 5.21. The molecule has 0 bridgehead atoms. The predicted octanol–water partition coefficient (Wildman–Crippen LogP) is 1.88. The van der Waals surface area contributed by atoms with E-state index in [4.69, 9.17) is 4.74 Å². The zero-order chi connectivity index (χ0) is 18.1. The highest BCUT2D eigenvalue weighted by molar-refractivity contribution is 7.89. The van der Waals surface area contributed by atoms with Crippen LogP contribution in [0.25, 0.3) is 0 Å². The number of halogens is 3. The minimum atomic E-state index is -4.22. The lowest BCUT2D eigenvalue weighted by Gasteiger charge is -2.34. The first-order chi connectivity index (χ1) is 11.8. The molecule has 6 nitrogen and oxygen atoms in total. The minimum absolute atomic E-state index is 0.0440. The van der Waals surface area contributed by atoms with Gasteiger partial charge in [0.15, 0.2) is 0 Å². The van der Waals surface area contributed by atoms with Gasteiger partial charge in [-0.25, -0.2) is 13.4 Å². The van der Waals surface area contributed by atoms with E-state index in [0.29, 0.717) is 32.0 Å². The van der Waals surface area contributed by atoms with Crippen LogP contribution < -0.4 is 4.90 Å². The van der Waals surface area contributed by atoms with Gasteiger partial charge in [0.1, 0.15) is 10.7 Å². The van der Waals surface area contributed by atoms with Crippen LogP contribution in [0.1, 0.15) is 12.8 Å². The van der Waals surface area contributed by atoms with Crippen LogP contribution in [0.5, 0.6) is 0 Å². The lowest BCUT2D eigenvalue weighted by atomic mass is 9.97. The molecular formula is C15H20F3N3O3S. The summed E-state index contributed by atoms with van der Waals surface area (Å²) in [5, 5.41) is 0. The standard InChI is InChI=1S/C15H20F3N3O3S/c16-15(17,18)12-2-1-5-20(11-12)14-4-3-13(10-19-14)25(22,23)21-6-8-24-9-7-21/h3-4,10,12H,1-2,5-9,11H2. The zero-order valence-electron chi connectivity index (χ0n) is 13.6. The van der Waals surface area contributed by atoms with Crippen molar-refractivity contribution in [3.8, 4) is 0 Å². The summed E-state index contributed by atoms with van der Waals surface area (Å²) in [6.45, 7) is 1.59. The van der Waals surface area contributed by atoms with Crippen molar-refractivity contribution in [1.82, 2.24) is 9.29 Å². The number of rotatable bonds is 3. The molecule has 0 amide bonds. The molecular weight excluding hydrogens is 359 g/mol. The van der Waals surface area contributed by atoms with E-state index in [1.807, 2.05) is 0 Å². The van der Waals surface area contributed by atoms with Gasteiger partial charge in [0.2, 0.25) is 10.0 Å². The van der Waals surface area contributed by atoms with Crippen molar-refractivity contribution in [2.24, 2.45) is 5.92 Å². The summed E-state index contributed by atoms with van der Waals surface area (Å²) in [5.41, 5.74) is 0. The molecule has 2 fully saturated rings. The van der Waals surface area contributed by atoms with Crippen molar-refractivity contribution in [2.75, 3.05) is 44.3 Å². The van der Waals surface area contributed by atoms with E-state index < -0.39 is 22.1 Å². The summed E-state index contributed by atoms with van der Waals surface area (Å²) in [6.07, 6.45) is -2.46. The van der Waals surface area contributed by atoms with Crippen LogP contribution in [0.15, 0.2) is 23.2 Å². The Morgan fingerprint density at radius 1 is 1.16 bits per heavy atom. The first-order valence-corrected chi connectivity index (χ1v) is 9.58. The number of alkyl halides is 3. The number of hydrogen-bond acceptors (Lipinski definition) is 5. The molecule has 0 saturated carbocycles. The van der Waals surface area contributed by atoms with Crippen LogP contribution in [0, 0.1) is 5.92 Å². The van der Waals surface area contributed by atoms with Crippen molar-refractivity contribution in [3.05, 3.63) is 18.3 Å². The average Bonchev–Trinajstić information content (AvgIpc) is 2.62. The van der Waals surface area contributed by atoms with Crippen molar-refractivity contribution >= 4 is 15.8 Å². The number of anilines is 1. The quantitative estimate of drug-likeness (QED) is 0.803. The van der Waals surface area contributed by atoms with Gasteiger partial charge >= 0.3 is 6.18 Å². The van der Waals surface area contributed by atoms with Crippen LogP contribution >= 0.6 is 0 Å².